The summed E-state index contributed by atoms with van der Waals surface area (Å²) in [5.74, 6) is 1.21. The maximum Gasteiger partial charge on any atom is 0.296 e. The predicted molar refractivity (Wildman–Crippen MR) is 116 cm³/mol. The number of halogens is 1. The molecule has 0 spiro atoms. The fourth-order valence-electron chi connectivity index (χ4n) is 2.97. The van der Waals surface area contributed by atoms with Gasteiger partial charge < -0.3 is 9.47 Å². The molecule has 0 aliphatic rings. The number of aromatic nitrogens is 3. The average molecular weight is 442 g/mol. The summed E-state index contributed by atoms with van der Waals surface area (Å²) in [6.45, 7) is 0. The smallest absolute Gasteiger partial charge is 0.296 e. The van der Waals surface area contributed by atoms with E-state index in [1.807, 2.05) is 6.07 Å². The van der Waals surface area contributed by atoms with Crippen molar-refractivity contribution in [2.45, 2.75) is 6.42 Å². The first kappa shape index (κ1) is 20.1. The normalized spacial score (nSPS) is 11.8. The maximum atomic E-state index is 12.9. The summed E-state index contributed by atoms with van der Waals surface area (Å²) in [5.41, 5.74) is 0.705. The van der Waals surface area contributed by atoms with E-state index in [0.29, 0.717) is 26.6 Å². The van der Waals surface area contributed by atoms with Gasteiger partial charge in [-0.1, -0.05) is 41.1 Å². The molecule has 152 valence electrons. The second kappa shape index (κ2) is 8.25. The number of rotatable bonds is 5. The van der Waals surface area contributed by atoms with Gasteiger partial charge in [0.1, 0.15) is 17.2 Å². The molecule has 0 saturated carbocycles. The standard InChI is InChI=1S/C21H16ClN3O4S/c1-28-14-7-8-17(29-2)13(9-14)11-18-20(27)25-21(30-18)23-19(26)16(24-25)10-12-5-3-4-6-15(12)22/h3-9,11H,10H2,1-2H3/b18-11-. The van der Waals surface area contributed by atoms with E-state index in [1.54, 1.807) is 56.7 Å². The van der Waals surface area contributed by atoms with Crippen LogP contribution in [0.1, 0.15) is 16.8 Å². The average Bonchev–Trinajstić information content (AvgIpc) is 3.04. The molecule has 7 nitrogen and oxygen atoms in total. The van der Waals surface area contributed by atoms with Crippen LogP contribution < -0.4 is 25.1 Å². The third-order valence-electron chi connectivity index (χ3n) is 4.49. The van der Waals surface area contributed by atoms with E-state index in [2.05, 4.69) is 10.1 Å². The SMILES string of the molecule is COc1ccc(OC)c(/C=c2\sc3nc(=O)c(Cc4ccccc4Cl)nn3c2=O)c1. The van der Waals surface area contributed by atoms with Crippen LogP contribution in [0, 0.1) is 0 Å². The second-order valence-corrected chi connectivity index (χ2v) is 7.77. The lowest BCUT2D eigenvalue weighted by Gasteiger charge is -2.06. The van der Waals surface area contributed by atoms with Crippen LogP contribution in [-0.2, 0) is 6.42 Å². The van der Waals surface area contributed by atoms with E-state index < -0.39 is 5.56 Å². The van der Waals surface area contributed by atoms with E-state index in [4.69, 9.17) is 21.1 Å². The van der Waals surface area contributed by atoms with E-state index in [0.717, 1.165) is 21.4 Å². The van der Waals surface area contributed by atoms with E-state index in [9.17, 15) is 9.59 Å². The third kappa shape index (κ3) is 3.79. The number of thiazole rings is 1. The van der Waals surface area contributed by atoms with Gasteiger partial charge in [0.15, 0.2) is 0 Å². The molecular formula is C21H16ClN3O4S. The van der Waals surface area contributed by atoms with Crippen molar-refractivity contribution in [1.29, 1.82) is 0 Å². The Balaban J connectivity index is 1.84. The molecule has 0 fully saturated rings. The molecule has 0 N–H and O–H groups in total. The quantitative estimate of drug-likeness (QED) is 0.472. The zero-order valence-corrected chi connectivity index (χ0v) is 17.7. The highest BCUT2D eigenvalue weighted by molar-refractivity contribution is 7.15. The van der Waals surface area contributed by atoms with Crippen molar-refractivity contribution in [3.05, 3.63) is 89.5 Å². The van der Waals surface area contributed by atoms with Crippen LogP contribution in [0.25, 0.3) is 11.0 Å². The number of nitrogens with zero attached hydrogens (tertiary/aromatic N) is 3. The largest absolute Gasteiger partial charge is 0.497 e. The molecule has 0 radical (unpaired) electrons. The van der Waals surface area contributed by atoms with Gasteiger partial charge in [-0.05, 0) is 35.9 Å². The van der Waals surface area contributed by atoms with Gasteiger partial charge in [-0.15, -0.1) is 0 Å². The van der Waals surface area contributed by atoms with Crippen molar-refractivity contribution in [3.8, 4) is 11.5 Å². The Labute approximate surface area is 179 Å². The minimum atomic E-state index is -0.485. The van der Waals surface area contributed by atoms with E-state index >= 15 is 0 Å². The molecular weight excluding hydrogens is 426 g/mol. The van der Waals surface area contributed by atoms with Gasteiger partial charge >= 0.3 is 0 Å². The molecule has 0 aliphatic heterocycles. The number of ether oxygens (including phenoxy) is 2. The van der Waals surface area contributed by atoms with Crippen molar-refractivity contribution in [2.24, 2.45) is 0 Å². The van der Waals surface area contributed by atoms with Crippen LogP contribution in [0.5, 0.6) is 11.5 Å². The van der Waals surface area contributed by atoms with Gasteiger partial charge in [-0.2, -0.15) is 14.6 Å². The van der Waals surface area contributed by atoms with Gasteiger partial charge in [-0.25, -0.2) is 0 Å². The highest BCUT2D eigenvalue weighted by atomic mass is 35.5. The summed E-state index contributed by atoms with van der Waals surface area (Å²) in [4.78, 5) is 29.6. The molecule has 0 saturated heterocycles. The summed E-state index contributed by atoms with van der Waals surface area (Å²) in [5, 5.41) is 4.78. The Hall–Kier alpha value is -3.23. The zero-order chi connectivity index (χ0) is 21.3. The summed E-state index contributed by atoms with van der Waals surface area (Å²) in [6.07, 6.45) is 1.86. The molecule has 2 heterocycles. The van der Waals surface area contributed by atoms with Crippen molar-refractivity contribution >= 4 is 34.0 Å². The van der Waals surface area contributed by atoms with E-state index in [-0.39, 0.29) is 22.6 Å². The summed E-state index contributed by atoms with van der Waals surface area (Å²) in [7, 11) is 3.11. The third-order valence-corrected chi connectivity index (χ3v) is 5.82. The van der Waals surface area contributed by atoms with Gasteiger partial charge in [0.25, 0.3) is 11.1 Å². The Morgan fingerprint density at radius 3 is 2.67 bits per heavy atom. The Morgan fingerprint density at radius 1 is 1.13 bits per heavy atom. The zero-order valence-electron chi connectivity index (χ0n) is 16.1. The molecule has 0 unspecified atom stereocenters. The maximum absolute atomic E-state index is 12.9. The minimum Gasteiger partial charge on any atom is -0.497 e. The molecule has 2 aromatic carbocycles. The molecule has 9 heteroatoms. The van der Waals surface area contributed by atoms with Crippen LogP contribution in [0.15, 0.2) is 52.1 Å². The first-order chi connectivity index (χ1) is 14.5. The summed E-state index contributed by atoms with van der Waals surface area (Å²) < 4.78 is 12.1. The van der Waals surface area contributed by atoms with Crippen LogP contribution >= 0.6 is 22.9 Å². The molecule has 4 rings (SSSR count). The topological polar surface area (TPSA) is 82.8 Å². The Kier molecular flexibility index (Phi) is 5.52. The Morgan fingerprint density at radius 2 is 1.93 bits per heavy atom. The molecule has 0 atom stereocenters. The van der Waals surface area contributed by atoms with Crippen molar-refractivity contribution < 1.29 is 9.47 Å². The van der Waals surface area contributed by atoms with Crippen molar-refractivity contribution in [3.63, 3.8) is 0 Å². The predicted octanol–water partition coefficient (Wildman–Crippen LogP) is 2.32. The minimum absolute atomic E-state index is 0.154. The molecule has 30 heavy (non-hydrogen) atoms. The number of fused-ring (bicyclic) bond motifs is 1. The van der Waals surface area contributed by atoms with Crippen molar-refractivity contribution in [1.82, 2.24) is 14.6 Å². The lowest BCUT2D eigenvalue weighted by Crippen LogP contribution is -2.28. The summed E-state index contributed by atoms with van der Waals surface area (Å²) in [6, 6.07) is 12.4. The fourth-order valence-corrected chi connectivity index (χ4v) is 4.07. The van der Waals surface area contributed by atoms with Gasteiger partial charge in [-0.3, -0.25) is 9.59 Å². The number of hydrogen-bond donors (Lipinski definition) is 0. The first-order valence-corrected chi connectivity index (χ1v) is 10.1. The van der Waals surface area contributed by atoms with Gasteiger partial charge in [0.2, 0.25) is 4.96 Å². The molecule has 4 aromatic rings. The number of methoxy groups -OCH3 is 2. The molecule has 0 bridgehead atoms. The van der Waals surface area contributed by atoms with Crippen LogP contribution in [0.3, 0.4) is 0 Å². The van der Waals surface area contributed by atoms with Gasteiger partial charge in [0.05, 0.1) is 18.8 Å². The second-order valence-electron chi connectivity index (χ2n) is 6.35. The van der Waals surface area contributed by atoms with E-state index in [1.165, 1.54) is 0 Å². The van der Waals surface area contributed by atoms with Crippen LogP contribution in [-0.4, -0.2) is 28.8 Å². The highest BCUT2D eigenvalue weighted by Crippen LogP contribution is 2.24. The molecule has 2 aromatic heterocycles. The molecule has 0 amide bonds. The lowest BCUT2D eigenvalue weighted by atomic mass is 10.1. The van der Waals surface area contributed by atoms with Crippen LogP contribution in [0.2, 0.25) is 5.02 Å². The fraction of sp³-hybridized carbons (Fsp3) is 0.143. The first-order valence-electron chi connectivity index (χ1n) is 8.90. The monoisotopic (exact) mass is 441 g/mol. The lowest BCUT2D eigenvalue weighted by molar-refractivity contribution is 0.402. The molecule has 0 aliphatic carbocycles. The van der Waals surface area contributed by atoms with Crippen LogP contribution in [0.4, 0.5) is 0 Å². The van der Waals surface area contributed by atoms with Gasteiger partial charge in [0, 0.05) is 17.0 Å². The Bertz CT molecular complexity index is 1410. The summed E-state index contributed by atoms with van der Waals surface area (Å²) >= 11 is 7.26. The number of benzene rings is 2. The number of hydrogen-bond acceptors (Lipinski definition) is 7. The highest BCUT2D eigenvalue weighted by Gasteiger charge is 2.13. The van der Waals surface area contributed by atoms with Crippen molar-refractivity contribution in [2.75, 3.05) is 14.2 Å².